The first-order valence-electron chi connectivity index (χ1n) is 6.61. The predicted molar refractivity (Wildman–Crippen MR) is 73.3 cm³/mol. The molecule has 18 heavy (non-hydrogen) atoms. The second-order valence-corrected chi connectivity index (χ2v) is 5.34. The van der Waals surface area contributed by atoms with Crippen molar-refractivity contribution in [3.63, 3.8) is 0 Å². The molecule has 1 heterocycles. The van der Waals surface area contributed by atoms with Crippen LogP contribution in [-0.2, 0) is 13.0 Å². The predicted octanol–water partition coefficient (Wildman–Crippen LogP) is 2.76. The van der Waals surface area contributed by atoms with E-state index >= 15 is 0 Å². The van der Waals surface area contributed by atoms with Crippen LogP contribution in [0.4, 0.5) is 0 Å². The van der Waals surface area contributed by atoms with Gasteiger partial charge in [-0.25, -0.2) is 0 Å². The van der Waals surface area contributed by atoms with Crippen LogP contribution in [0.2, 0.25) is 0 Å². The normalized spacial score (nSPS) is 18.6. The number of ether oxygens (including phenoxy) is 2. The minimum Gasteiger partial charge on any atom is -0.496 e. The standard InChI is InChI=1S/C15H23NO2/c1-10(2)7-11-8-12-13(9-16-11)15(18-4)6-5-14(12)17-3/h5-6,10-11,16H,7-9H2,1-4H3. The lowest BCUT2D eigenvalue weighted by atomic mass is 9.90. The summed E-state index contributed by atoms with van der Waals surface area (Å²) in [5.74, 6) is 2.66. The first-order chi connectivity index (χ1) is 8.65. The average molecular weight is 249 g/mol. The summed E-state index contributed by atoms with van der Waals surface area (Å²) >= 11 is 0. The maximum atomic E-state index is 5.48. The number of hydrogen-bond acceptors (Lipinski definition) is 3. The smallest absolute Gasteiger partial charge is 0.123 e. The van der Waals surface area contributed by atoms with Gasteiger partial charge in [-0.2, -0.15) is 0 Å². The molecule has 1 aliphatic heterocycles. The molecule has 2 rings (SSSR count). The Bertz CT molecular complexity index is 415. The van der Waals surface area contributed by atoms with E-state index in [0.717, 1.165) is 24.5 Å². The van der Waals surface area contributed by atoms with E-state index in [2.05, 4.69) is 19.2 Å². The summed E-state index contributed by atoms with van der Waals surface area (Å²) in [6, 6.07) is 4.54. The van der Waals surface area contributed by atoms with Gasteiger partial charge in [0.1, 0.15) is 11.5 Å². The molecular formula is C15H23NO2. The monoisotopic (exact) mass is 249 g/mol. The first-order valence-corrected chi connectivity index (χ1v) is 6.61. The van der Waals surface area contributed by atoms with Crippen LogP contribution < -0.4 is 14.8 Å². The van der Waals surface area contributed by atoms with Crippen LogP contribution >= 0.6 is 0 Å². The Morgan fingerprint density at radius 3 is 2.33 bits per heavy atom. The van der Waals surface area contributed by atoms with E-state index in [1.807, 2.05) is 12.1 Å². The highest BCUT2D eigenvalue weighted by atomic mass is 16.5. The van der Waals surface area contributed by atoms with Crippen LogP contribution in [-0.4, -0.2) is 20.3 Å². The summed E-state index contributed by atoms with van der Waals surface area (Å²) in [7, 11) is 3.46. The van der Waals surface area contributed by atoms with Gasteiger partial charge < -0.3 is 14.8 Å². The van der Waals surface area contributed by atoms with Crippen molar-refractivity contribution < 1.29 is 9.47 Å². The molecule has 1 N–H and O–H groups in total. The molecule has 1 aromatic rings. The van der Waals surface area contributed by atoms with Gasteiger partial charge in [0.05, 0.1) is 14.2 Å². The molecule has 3 nitrogen and oxygen atoms in total. The number of methoxy groups -OCH3 is 2. The summed E-state index contributed by atoms with van der Waals surface area (Å²) in [4.78, 5) is 0. The lowest BCUT2D eigenvalue weighted by Crippen LogP contribution is -2.36. The first kappa shape index (κ1) is 13.2. The van der Waals surface area contributed by atoms with Gasteiger partial charge in [-0.05, 0) is 30.9 Å². The van der Waals surface area contributed by atoms with Crippen molar-refractivity contribution in [2.45, 2.75) is 39.3 Å². The second kappa shape index (κ2) is 5.61. The number of fused-ring (bicyclic) bond motifs is 1. The lowest BCUT2D eigenvalue weighted by Gasteiger charge is -2.29. The quantitative estimate of drug-likeness (QED) is 0.890. The molecule has 0 spiro atoms. The van der Waals surface area contributed by atoms with Gasteiger partial charge in [0, 0.05) is 23.7 Å². The molecule has 0 amide bonds. The minimum absolute atomic E-state index is 0.540. The number of rotatable bonds is 4. The fourth-order valence-electron chi connectivity index (χ4n) is 2.75. The zero-order valence-electron chi connectivity index (χ0n) is 11.7. The van der Waals surface area contributed by atoms with E-state index in [0.29, 0.717) is 12.0 Å². The molecule has 1 atom stereocenters. The Morgan fingerprint density at radius 2 is 1.78 bits per heavy atom. The molecule has 1 aliphatic rings. The Kier molecular flexibility index (Phi) is 4.12. The molecule has 100 valence electrons. The number of hydrogen-bond donors (Lipinski definition) is 1. The molecule has 0 saturated carbocycles. The van der Waals surface area contributed by atoms with Crippen molar-refractivity contribution in [3.05, 3.63) is 23.3 Å². The number of benzene rings is 1. The molecule has 0 saturated heterocycles. The minimum atomic E-state index is 0.540. The van der Waals surface area contributed by atoms with E-state index in [-0.39, 0.29) is 0 Å². The van der Waals surface area contributed by atoms with E-state index in [1.165, 1.54) is 17.5 Å². The van der Waals surface area contributed by atoms with E-state index in [9.17, 15) is 0 Å². The van der Waals surface area contributed by atoms with Crippen LogP contribution in [0.25, 0.3) is 0 Å². The van der Waals surface area contributed by atoms with Crippen molar-refractivity contribution >= 4 is 0 Å². The van der Waals surface area contributed by atoms with Gasteiger partial charge in [0.15, 0.2) is 0 Å². The average Bonchev–Trinajstić information content (AvgIpc) is 2.36. The van der Waals surface area contributed by atoms with Crippen molar-refractivity contribution in [2.24, 2.45) is 5.92 Å². The summed E-state index contributed by atoms with van der Waals surface area (Å²) in [5, 5.41) is 3.60. The van der Waals surface area contributed by atoms with Gasteiger partial charge in [0.2, 0.25) is 0 Å². The zero-order valence-corrected chi connectivity index (χ0v) is 11.7. The molecular weight excluding hydrogens is 226 g/mol. The summed E-state index contributed by atoms with van der Waals surface area (Å²) in [6.45, 7) is 5.40. The maximum absolute atomic E-state index is 5.48. The highest BCUT2D eigenvalue weighted by Crippen LogP contribution is 2.34. The van der Waals surface area contributed by atoms with E-state index < -0.39 is 0 Å². The fourth-order valence-corrected chi connectivity index (χ4v) is 2.75. The molecule has 0 aliphatic carbocycles. The Morgan fingerprint density at radius 1 is 1.17 bits per heavy atom. The highest BCUT2D eigenvalue weighted by Gasteiger charge is 2.24. The molecule has 0 fully saturated rings. The summed E-state index contributed by atoms with van der Waals surface area (Å²) < 4.78 is 10.9. The van der Waals surface area contributed by atoms with E-state index in [4.69, 9.17) is 9.47 Å². The van der Waals surface area contributed by atoms with Gasteiger partial charge in [-0.1, -0.05) is 13.8 Å². The topological polar surface area (TPSA) is 30.5 Å². The second-order valence-electron chi connectivity index (χ2n) is 5.34. The molecule has 0 bridgehead atoms. The molecule has 3 heteroatoms. The fraction of sp³-hybridized carbons (Fsp3) is 0.600. The molecule has 1 aromatic carbocycles. The van der Waals surface area contributed by atoms with E-state index in [1.54, 1.807) is 14.2 Å². The van der Waals surface area contributed by atoms with Gasteiger partial charge in [0.25, 0.3) is 0 Å². The van der Waals surface area contributed by atoms with Crippen molar-refractivity contribution in [3.8, 4) is 11.5 Å². The maximum Gasteiger partial charge on any atom is 0.123 e. The zero-order chi connectivity index (χ0) is 13.1. The van der Waals surface area contributed by atoms with Crippen LogP contribution in [0.3, 0.4) is 0 Å². The van der Waals surface area contributed by atoms with Crippen molar-refractivity contribution in [2.75, 3.05) is 14.2 Å². The third-order valence-corrected chi connectivity index (χ3v) is 3.56. The molecule has 1 unspecified atom stereocenters. The SMILES string of the molecule is COc1ccc(OC)c2c1CNC(CC(C)C)C2. The third-order valence-electron chi connectivity index (χ3n) is 3.56. The van der Waals surface area contributed by atoms with Gasteiger partial charge >= 0.3 is 0 Å². The molecule has 0 radical (unpaired) electrons. The largest absolute Gasteiger partial charge is 0.496 e. The van der Waals surface area contributed by atoms with Crippen LogP contribution in [0.5, 0.6) is 11.5 Å². The van der Waals surface area contributed by atoms with Crippen LogP contribution in [0.15, 0.2) is 12.1 Å². The van der Waals surface area contributed by atoms with Crippen molar-refractivity contribution in [1.82, 2.24) is 5.32 Å². The van der Waals surface area contributed by atoms with Crippen LogP contribution in [0, 0.1) is 5.92 Å². The Labute approximate surface area is 109 Å². The Balaban J connectivity index is 2.29. The summed E-state index contributed by atoms with van der Waals surface area (Å²) in [6.07, 6.45) is 2.22. The third kappa shape index (κ3) is 2.61. The van der Waals surface area contributed by atoms with Gasteiger partial charge in [-0.15, -0.1) is 0 Å². The van der Waals surface area contributed by atoms with Gasteiger partial charge in [-0.3, -0.25) is 0 Å². The van der Waals surface area contributed by atoms with Crippen LogP contribution in [0.1, 0.15) is 31.4 Å². The highest BCUT2D eigenvalue weighted by molar-refractivity contribution is 5.50. The molecule has 0 aromatic heterocycles. The Hall–Kier alpha value is -1.22. The summed E-state index contributed by atoms with van der Waals surface area (Å²) in [5.41, 5.74) is 2.55. The number of nitrogens with one attached hydrogen (secondary N) is 1. The van der Waals surface area contributed by atoms with Crippen molar-refractivity contribution in [1.29, 1.82) is 0 Å². The lowest BCUT2D eigenvalue weighted by molar-refractivity contribution is 0.357.